The van der Waals surface area contributed by atoms with Gasteiger partial charge < -0.3 is 10.5 Å². The van der Waals surface area contributed by atoms with Crippen LogP contribution in [0.25, 0.3) is 0 Å². The second kappa shape index (κ2) is 5.69. The van der Waals surface area contributed by atoms with Gasteiger partial charge in [-0.05, 0) is 31.2 Å². The molecule has 18 heavy (non-hydrogen) atoms. The quantitative estimate of drug-likeness (QED) is 0.921. The van der Waals surface area contributed by atoms with E-state index in [9.17, 15) is 4.39 Å². The fourth-order valence-corrected chi connectivity index (χ4v) is 2.79. The summed E-state index contributed by atoms with van der Waals surface area (Å²) in [6.07, 6.45) is -0.403. The highest BCUT2D eigenvalue weighted by molar-refractivity contribution is 7.16. The fraction of sp³-hybridized carbons (Fsp3) is 0.231. The summed E-state index contributed by atoms with van der Waals surface area (Å²) in [4.78, 5) is 0.887. The molecular weight excluding hydrogens is 273 g/mol. The van der Waals surface area contributed by atoms with E-state index in [-0.39, 0.29) is 11.8 Å². The topological polar surface area (TPSA) is 35.2 Å². The van der Waals surface area contributed by atoms with Crippen LogP contribution < -0.4 is 10.5 Å². The molecule has 2 atom stereocenters. The second-order valence-electron chi connectivity index (χ2n) is 3.97. The molecule has 0 aliphatic heterocycles. The first kappa shape index (κ1) is 13.3. The Morgan fingerprint density at radius 2 is 2.00 bits per heavy atom. The zero-order valence-corrected chi connectivity index (χ0v) is 11.3. The Balaban J connectivity index is 2.25. The monoisotopic (exact) mass is 285 g/mol. The van der Waals surface area contributed by atoms with Crippen molar-refractivity contribution in [3.8, 4) is 5.75 Å². The molecule has 2 rings (SSSR count). The second-order valence-corrected chi connectivity index (χ2v) is 5.72. The lowest BCUT2D eigenvalue weighted by Crippen LogP contribution is -2.28. The van der Waals surface area contributed by atoms with Gasteiger partial charge in [-0.15, -0.1) is 11.3 Å². The van der Waals surface area contributed by atoms with Crippen molar-refractivity contribution < 1.29 is 9.13 Å². The van der Waals surface area contributed by atoms with Gasteiger partial charge in [0.25, 0.3) is 0 Å². The van der Waals surface area contributed by atoms with Gasteiger partial charge in [-0.2, -0.15) is 0 Å². The minimum atomic E-state index is -0.403. The number of hydrogen-bond acceptors (Lipinski definition) is 3. The number of thiophene rings is 1. The molecule has 5 heteroatoms. The molecule has 0 saturated carbocycles. The first-order chi connectivity index (χ1) is 8.58. The van der Waals surface area contributed by atoms with Gasteiger partial charge in [0.05, 0.1) is 4.34 Å². The number of nitrogens with two attached hydrogens (primary N) is 1. The van der Waals surface area contributed by atoms with Gasteiger partial charge in [0.15, 0.2) is 11.6 Å². The average molecular weight is 286 g/mol. The van der Waals surface area contributed by atoms with Gasteiger partial charge in [0.1, 0.15) is 6.10 Å². The average Bonchev–Trinajstić information content (AvgIpc) is 2.74. The summed E-state index contributed by atoms with van der Waals surface area (Å²) in [5, 5.41) is 0. The third-order valence-corrected chi connectivity index (χ3v) is 3.74. The summed E-state index contributed by atoms with van der Waals surface area (Å²) in [6, 6.07) is 9.64. The number of halogens is 2. The zero-order valence-electron chi connectivity index (χ0n) is 9.77. The van der Waals surface area contributed by atoms with Crippen molar-refractivity contribution in [2.24, 2.45) is 5.73 Å². The Hall–Kier alpha value is -1.10. The van der Waals surface area contributed by atoms with E-state index in [4.69, 9.17) is 22.1 Å². The van der Waals surface area contributed by atoms with Crippen molar-refractivity contribution in [3.63, 3.8) is 0 Å². The van der Waals surface area contributed by atoms with Crippen molar-refractivity contribution in [2.45, 2.75) is 19.1 Å². The Bertz CT molecular complexity index is 529. The zero-order chi connectivity index (χ0) is 13.1. The van der Waals surface area contributed by atoms with Gasteiger partial charge in [0.2, 0.25) is 0 Å². The van der Waals surface area contributed by atoms with E-state index in [1.807, 2.05) is 13.0 Å². The molecule has 1 aromatic heterocycles. The van der Waals surface area contributed by atoms with Crippen LogP contribution in [0.15, 0.2) is 36.4 Å². The van der Waals surface area contributed by atoms with E-state index < -0.39 is 11.9 Å². The van der Waals surface area contributed by atoms with E-state index in [2.05, 4.69) is 0 Å². The summed E-state index contributed by atoms with van der Waals surface area (Å²) in [6.45, 7) is 1.82. The van der Waals surface area contributed by atoms with Crippen LogP contribution in [0.3, 0.4) is 0 Å². The first-order valence-corrected chi connectivity index (χ1v) is 6.69. The van der Waals surface area contributed by atoms with E-state index >= 15 is 0 Å². The van der Waals surface area contributed by atoms with E-state index in [1.54, 1.807) is 24.3 Å². The minimum Gasteiger partial charge on any atom is -0.480 e. The van der Waals surface area contributed by atoms with Crippen LogP contribution in [0.1, 0.15) is 17.9 Å². The molecule has 2 aromatic rings. The van der Waals surface area contributed by atoms with Gasteiger partial charge in [0, 0.05) is 10.9 Å². The Morgan fingerprint density at radius 1 is 1.28 bits per heavy atom. The smallest absolute Gasteiger partial charge is 0.165 e. The van der Waals surface area contributed by atoms with Gasteiger partial charge in [-0.1, -0.05) is 23.7 Å². The van der Waals surface area contributed by atoms with Crippen LogP contribution in [-0.2, 0) is 0 Å². The SMILES string of the molecule is CC(N)C(Oc1ccccc1F)c1ccc(Cl)s1. The summed E-state index contributed by atoms with van der Waals surface area (Å²) in [7, 11) is 0. The molecule has 0 amide bonds. The first-order valence-electron chi connectivity index (χ1n) is 5.50. The van der Waals surface area contributed by atoms with Crippen molar-refractivity contribution >= 4 is 22.9 Å². The van der Waals surface area contributed by atoms with Crippen LogP contribution in [0.5, 0.6) is 5.75 Å². The summed E-state index contributed by atoms with van der Waals surface area (Å²) >= 11 is 7.28. The maximum Gasteiger partial charge on any atom is 0.165 e. The standard InChI is InChI=1S/C13H13ClFNOS/c1-8(16)13(11-6-7-12(14)18-11)17-10-5-3-2-4-9(10)15/h2-8,13H,16H2,1H3. The molecule has 0 spiro atoms. The lowest BCUT2D eigenvalue weighted by molar-refractivity contribution is 0.176. The van der Waals surface area contributed by atoms with Crippen molar-refractivity contribution in [3.05, 3.63) is 51.4 Å². The highest BCUT2D eigenvalue weighted by atomic mass is 35.5. The molecule has 0 bridgehead atoms. The molecule has 2 N–H and O–H groups in total. The maximum absolute atomic E-state index is 13.5. The summed E-state index contributed by atoms with van der Waals surface area (Å²) in [5.74, 6) is -0.199. The fourth-order valence-electron chi connectivity index (χ4n) is 1.58. The molecule has 0 saturated heterocycles. The summed E-state index contributed by atoms with van der Waals surface area (Å²) in [5.41, 5.74) is 5.89. The Labute approximate surface area is 114 Å². The van der Waals surface area contributed by atoms with Crippen molar-refractivity contribution in [1.29, 1.82) is 0 Å². The number of hydrogen-bond donors (Lipinski definition) is 1. The lowest BCUT2D eigenvalue weighted by atomic mass is 10.1. The van der Waals surface area contributed by atoms with Gasteiger partial charge in [-0.25, -0.2) is 4.39 Å². The van der Waals surface area contributed by atoms with Crippen molar-refractivity contribution in [2.75, 3.05) is 0 Å². The molecule has 0 aliphatic rings. The largest absolute Gasteiger partial charge is 0.480 e. The van der Waals surface area contributed by atoms with Gasteiger partial charge >= 0.3 is 0 Å². The van der Waals surface area contributed by atoms with Crippen LogP contribution in [-0.4, -0.2) is 6.04 Å². The normalized spacial score (nSPS) is 14.2. The van der Waals surface area contributed by atoms with Crippen LogP contribution in [0, 0.1) is 5.82 Å². The highest BCUT2D eigenvalue weighted by Crippen LogP contribution is 2.32. The molecule has 96 valence electrons. The van der Waals surface area contributed by atoms with E-state index in [0.717, 1.165) is 4.88 Å². The molecule has 0 fully saturated rings. The van der Waals surface area contributed by atoms with Crippen LogP contribution >= 0.6 is 22.9 Å². The number of benzene rings is 1. The molecule has 2 nitrogen and oxygen atoms in total. The minimum absolute atomic E-state index is 0.198. The highest BCUT2D eigenvalue weighted by Gasteiger charge is 2.21. The maximum atomic E-state index is 13.5. The molecule has 0 radical (unpaired) electrons. The summed E-state index contributed by atoms with van der Waals surface area (Å²) < 4.78 is 19.9. The van der Waals surface area contributed by atoms with Crippen LogP contribution in [0.4, 0.5) is 4.39 Å². The molecular formula is C13H13ClFNOS. The molecule has 0 aliphatic carbocycles. The Morgan fingerprint density at radius 3 is 2.56 bits per heavy atom. The van der Waals surface area contributed by atoms with Crippen molar-refractivity contribution in [1.82, 2.24) is 0 Å². The Kier molecular flexibility index (Phi) is 4.22. The predicted octanol–water partition coefficient (Wildman–Crippen LogP) is 4.01. The number of ether oxygens (including phenoxy) is 1. The van der Waals surface area contributed by atoms with Crippen LogP contribution in [0.2, 0.25) is 4.34 Å². The molecule has 1 aromatic carbocycles. The third-order valence-electron chi connectivity index (χ3n) is 2.44. The lowest BCUT2D eigenvalue weighted by Gasteiger charge is -2.21. The number of para-hydroxylation sites is 1. The third kappa shape index (κ3) is 3.02. The predicted molar refractivity (Wildman–Crippen MR) is 72.7 cm³/mol. The molecule has 1 heterocycles. The molecule has 2 unspecified atom stereocenters. The van der Waals surface area contributed by atoms with E-state index in [1.165, 1.54) is 17.4 Å². The number of rotatable bonds is 4. The van der Waals surface area contributed by atoms with Gasteiger partial charge in [-0.3, -0.25) is 0 Å². The van der Waals surface area contributed by atoms with E-state index in [0.29, 0.717) is 4.34 Å².